The van der Waals surface area contributed by atoms with Gasteiger partial charge in [-0.1, -0.05) is 63.9 Å². The van der Waals surface area contributed by atoms with Gasteiger partial charge in [0.1, 0.15) is 5.82 Å². The molecule has 20 heavy (non-hydrogen) atoms. The van der Waals surface area contributed by atoms with Crippen LogP contribution < -0.4 is 0 Å². The molecule has 0 aliphatic rings. The molecule has 0 aliphatic heterocycles. The Labute approximate surface area is 132 Å². The Kier molecular flexibility index (Phi) is 6.02. The molecule has 0 radical (unpaired) electrons. The smallest absolute Gasteiger partial charge is 0.129 e. The molecular weight excluding hydrogens is 341 g/mol. The van der Waals surface area contributed by atoms with Crippen LogP contribution in [-0.4, -0.2) is 16.8 Å². The van der Waals surface area contributed by atoms with E-state index >= 15 is 0 Å². The van der Waals surface area contributed by atoms with Crippen molar-refractivity contribution in [2.24, 2.45) is 0 Å². The molecule has 0 saturated carbocycles. The summed E-state index contributed by atoms with van der Waals surface area (Å²) < 4.78 is 13.9. The molecule has 0 aromatic heterocycles. The van der Waals surface area contributed by atoms with E-state index in [-0.39, 0.29) is 5.82 Å². The van der Waals surface area contributed by atoms with Crippen LogP contribution in [0.2, 0.25) is 5.02 Å². The van der Waals surface area contributed by atoms with Crippen LogP contribution in [0.3, 0.4) is 0 Å². The molecular formula is C16H16BrClFN. The van der Waals surface area contributed by atoms with E-state index in [0.717, 1.165) is 18.4 Å². The quantitative estimate of drug-likeness (QED) is 0.667. The zero-order chi connectivity index (χ0) is 14.4. The maximum atomic E-state index is 13.9. The Hall–Kier alpha value is -0.900. The second kappa shape index (κ2) is 7.77. The van der Waals surface area contributed by atoms with Crippen molar-refractivity contribution in [1.82, 2.24) is 4.90 Å². The van der Waals surface area contributed by atoms with Gasteiger partial charge in [-0.2, -0.15) is 0 Å². The zero-order valence-electron chi connectivity index (χ0n) is 11.0. The van der Waals surface area contributed by atoms with Gasteiger partial charge in [-0.25, -0.2) is 4.39 Å². The molecule has 0 N–H and O–H groups in total. The first-order chi connectivity index (χ1) is 9.70. The van der Waals surface area contributed by atoms with Crippen LogP contribution in [0.15, 0.2) is 48.5 Å². The van der Waals surface area contributed by atoms with Gasteiger partial charge in [0.25, 0.3) is 0 Å². The summed E-state index contributed by atoms with van der Waals surface area (Å²) in [6.07, 6.45) is 0. The number of benzene rings is 2. The van der Waals surface area contributed by atoms with Crippen molar-refractivity contribution >= 4 is 27.5 Å². The lowest BCUT2D eigenvalue weighted by atomic mass is 10.1. The lowest BCUT2D eigenvalue weighted by Gasteiger charge is -2.22. The van der Waals surface area contributed by atoms with Gasteiger partial charge in [0, 0.05) is 35.6 Å². The summed E-state index contributed by atoms with van der Waals surface area (Å²) in [7, 11) is 0. The molecule has 0 fully saturated rings. The molecule has 0 atom stereocenters. The Morgan fingerprint density at radius 2 is 1.75 bits per heavy atom. The van der Waals surface area contributed by atoms with Crippen molar-refractivity contribution < 1.29 is 4.39 Å². The summed E-state index contributed by atoms with van der Waals surface area (Å²) in [6.45, 7) is 2.11. The van der Waals surface area contributed by atoms with E-state index in [9.17, 15) is 4.39 Å². The first-order valence-electron chi connectivity index (χ1n) is 6.46. The fourth-order valence-corrected chi connectivity index (χ4v) is 2.81. The summed E-state index contributed by atoms with van der Waals surface area (Å²) >= 11 is 9.54. The van der Waals surface area contributed by atoms with Crippen LogP contribution in [-0.2, 0) is 13.1 Å². The van der Waals surface area contributed by atoms with E-state index in [1.54, 1.807) is 12.1 Å². The molecule has 0 bridgehead atoms. The van der Waals surface area contributed by atoms with Crippen molar-refractivity contribution in [2.75, 3.05) is 11.9 Å². The van der Waals surface area contributed by atoms with E-state index in [4.69, 9.17) is 11.6 Å². The standard InChI is InChI=1S/C16H16BrClFN/c17-9-10-20(11-13-5-2-1-3-6-13)12-14-15(18)7-4-8-16(14)19/h1-8H,9-12H2. The molecule has 106 valence electrons. The SMILES string of the molecule is Fc1cccc(Cl)c1CN(CCBr)Cc1ccccc1. The molecule has 0 aliphatic carbocycles. The maximum absolute atomic E-state index is 13.9. The lowest BCUT2D eigenvalue weighted by molar-refractivity contribution is 0.270. The minimum absolute atomic E-state index is 0.245. The average molecular weight is 357 g/mol. The third kappa shape index (κ3) is 4.30. The normalized spacial score (nSPS) is 11.0. The molecule has 2 aromatic rings. The second-order valence-corrected chi connectivity index (χ2v) is 5.79. The van der Waals surface area contributed by atoms with Crippen LogP contribution in [0.4, 0.5) is 4.39 Å². The van der Waals surface area contributed by atoms with E-state index in [1.807, 2.05) is 18.2 Å². The third-order valence-electron chi connectivity index (χ3n) is 3.09. The fourth-order valence-electron chi connectivity index (χ4n) is 2.08. The Morgan fingerprint density at radius 3 is 2.40 bits per heavy atom. The average Bonchev–Trinajstić information content (AvgIpc) is 2.44. The summed E-state index contributed by atoms with van der Waals surface area (Å²) in [5.41, 5.74) is 1.77. The molecule has 0 spiro atoms. The van der Waals surface area contributed by atoms with Gasteiger partial charge in [0.05, 0.1) is 0 Å². The molecule has 0 unspecified atom stereocenters. The number of hydrogen-bond acceptors (Lipinski definition) is 1. The van der Waals surface area contributed by atoms with E-state index in [0.29, 0.717) is 17.1 Å². The van der Waals surface area contributed by atoms with Gasteiger partial charge in [-0.05, 0) is 17.7 Å². The van der Waals surface area contributed by atoms with Crippen LogP contribution in [0.1, 0.15) is 11.1 Å². The largest absolute Gasteiger partial charge is 0.294 e. The van der Waals surface area contributed by atoms with E-state index in [1.165, 1.54) is 11.6 Å². The van der Waals surface area contributed by atoms with Gasteiger partial charge in [0.15, 0.2) is 0 Å². The van der Waals surface area contributed by atoms with Crippen LogP contribution in [0.25, 0.3) is 0 Å². The Bertz CT molecular complexity index is 527. The maximum Gasteiger partial charge on any atom is 0.129 e. The molecule has 0 amide bonds. The minimum Gasteiger partial charge on any atom is -0.294 e. The molecule has 0 heterocycles. The highest BCUT2D eigenvalue weighted by Crippen LogP contribution is 2.21. The third-order valence-corrected chi connectivity index (χ3v) is 3.80. The van der Waals surface area contributed by atoms with Gasteiger partial charge in [-0.3, -0.25) is 4.90 Å². The first-order valence-corrected chi connectivity index (χ1v) is 7.96. The van der Waals surface area contributed by atoms with Gasteiger partial charge < -0.3 is 0 Å². The minimum atomic E-state index is -0.245. The summed E-state index contributed by atoms with van der Waals surface area (Å²) in [6, 6.07) is 15.0. The second-order valence-electron chi connectivity index (χ2n) is 4.59. The van der Waals surface area contributed by atoms with Crippen molar-refractivity contribution in [3.8, 4) is 0 Å². The van der Waals surface area contributed by atoms with Gasteiger partial charge in [-0.15, -0.1) is 0 Å². The van der Waals surface area contributed by atoms with Crippen molar-refractivity contribution in [3.05, 3.63) is 70.5 Å². The summed E-state index contributed by atoms with van der Waals surface area (Å²) in [5.74, 6) is -0.245. The number of nitrogens with zero attached hydrogens (tertiary/aromatic N) is 1. The molecule has 2 rings (SSSR count). The van der Waals surface area contributed by atoms with Crippen LogP contribution in [0, 0.1) is 5.82 Å². The predicted octanol–water partition coefficient (Wildman–Crippen LogP) is 4.88. The predicted molar refractivity (Wildman–Crippen MR) is 85.8 cm³/mol. The molecule has 2 aromatic carbocycles. The molecule has 0 saturated heterocycles. The van der Waals surface area contributed by atoms with Crippen LogP contribution in [0.5, 0.6) is 0 Å². The number of halogens is 3. The first kappa shape index (κ1) is 15.5. The monoisotopic (exact) mass is 355 g/mol. The number of hydrogen-bond donors (Lipinski definition) is 0. The summed E-state index contributed by atoms with van der Waals surface area (Å²) in [4.78, 5) is 2.17. The zero-order valence-corrected chi connectivity index (χ0v) is 13.4. The Balaban J connectivity index is 2.13. The van der Waals surface area contributed by atoms with Crippen LogP contribution >= 0.6 is 27.5 Å². The summed E-state index contributed by atoms with van der Waals surface area (Å²) in [5, 5.41) is 1.32. The van der Waals surface area contributed by atoms with E-state index in [2.05, 4.69) is 33.0 Å². The highest BCUT2D eigenvalue weighted by molar-refractivity contribution is 9.09. The van der Waals surface area contributed by atoms with Gasteiger partial charge in [0.2, 0.25) is 0 Å². The van der Waals surface area contributed by atoms with Crippen molar-refractivity contribution in [1.29, 1.82) is 0 Å². The lowest BCUT2D eigenvalue weighted by Crippen LogP contribution is -2.25. The topological polar surface area (TPSA) is 3.24 Å². The highest BCUT2D eigenvalue weighted by atomic mass is 79.9. The van der Waals surface area contributed by atoms with Crippen molar-refractivity contribution in [3.63, 3.8) is 0 Å². The van der Waals surface area contributed by atoms with E-state index < -0.39 is 0 Å². The van der Waals surface area contributed by atoms with Crippen molar-refractivity contribution in [2.45, 2.75) is 13.1 Å². The Morgan fingerprint density at radius 1 is 1.00 bits per heavy atom. The molecule has 1 nitrogen and oxygen atoms in total. The number of alkyl halides is 1. The number of rotatable bonds is 6. The van der Waals surface area contributed by atoms with Gasteiger partial charge >= 0.3 is 0 Å². The fraction of sp³-hybridized carbons (Fsp3) is 0.250. The molecule has 4 heteroatoms. The highest BCUT2D eigenvalue weighted by Gasteiger charge is 2.12.